The normalized spacial score (nSPS) is 19.2. The van der Waals surface area contributed by atoms with Crippen molar-refractivity contribution in [2.75, 3.05) is 7.11 Å². The van der Waals surface area contributed by atoms with E-state index in [2.05, 4.69) is 4.18 Å². The Bertz CT molecular complexity index is 581. The first-order valence-electron chi connectivity index (χ1n) is 8.01. The second kappa shape index (κ2) is 8.84. The molecule has 1 aliphatic rings. The molecule has 0 aromatic heterocycles. The standard InChI is InChI=1S/C16H20F5O2PS2/c1-22-25-15(18,19)14(17,24)16(20,21)26-23-13-9-7-12(8-10-13)11-5-3-2-4-6-11/h7-11H,2-6,24H2,1H3. The van der Waals surface area contributed by atoms with Gasteiger partial charge in [0.25, 0.3) is 5.41 Å². The highest BCUT2D eigenvalue weighted by Gasteiger charge is 2.69. The van der Waals surface area contributed by atoms with Crippen LogP contribution in [0.2, 0.25) is 0 Å². The van der Waals surface area contributed by atoms with Gasteiger partial charge in [0.15, 0.2) is 0 Å². The van der Waals surface area contributed by atoms with Crippen LogP contribution in [0.5, 0.6) is 5.75 Å². The maximum atomic E-state index is 14.1. The molecule has 10 heteroatoms. The Labute approximate surface area is 160 Å². The van der Waals surface area contributed by atoms with E-state index in [0.29, 0.717) is 5.92 Å². The van der Waals surface area contributed by atoms with Crippen LogP contribution in [0.4, 0.5) is 22.0 Å². The minimum atomic E-state index is -4.53. The van der Waals surface area contributed by atoms with Gasteiger partial charge in [0.05, 0.1) is 19.2 Å². The minimum Gasteiger partial charge on any atom is -0.420 e. The zero-order chi connectivity index (χ0) is 19.4. The minimum absolute atomic E-state index is 0.0396. The van der Waals surface area contributed by atoms with E-state index in [4.69, 9.17) is 4.18 Å². The van der Waals surface area contributed by atoms with Gasteiger partial charge in [-0.05, 0) is 36.5 Å². The summed E-state index contributed by atoms with van der Waals surface area (Å²) in [7, 11) is 1.71. The molecule has 26 heavy (non-hydrogen) atoms. The summed E-state index contributed by atoms with van der Waals surface area (Å²) in [5.41, 5.74) is 1.09. The molecule has 2 unspecified atom stereocenters. The number of hydrogen-bond acceptors (Lipinski definition) is 4. The van der Waals surface area contributed by atoms with Crippen molar-refractivity contribution in [3.05, 3.63) is 29.8 Å². The van der Waals surface area contributed by atoms with Gasteiger partial charge in [-0.3, -0.25) is 0 Å². The summed E-state index contributed by atoms with van der Waals surface area (Å²) in [5.74, 6) is 0.472. The van der Waals surface area contributed by atoms with Gasteiger partial charge in [0, 0.05) is 0 Å². The molecular weight excluding hydrogens is 414 g/mol. The predicted molar refractivity (Wildman–Crippen MR) is 98.5 cm³/mol. The lowest BCUT2D eigenvalue weighted by Gasteiger charge is -2.33. The number of hydrogen-bond donors (Lipinski definition) is 0. The van der Waals surface area contributed by atoms with Gasteiger partial charge in [-0.15, -0.1) is 0 Å². The van der Waals surface area contributed by atoms with Gasteiger partial charge < -0.3 is 8.37 Å². The van der Waals surface area contributed by atoms with E-state index in [1.54, 1.807) is 12.1 Å². The molecule has 0 heterocycles. The fraction of sp³-hybridized carbons (Fsp3) is 0.625. The van der Waals surface area contributed by atoms with E-state index < -0.39 is 40.0 Å². The van der Waals surface area contributed by atoms with Gasteiger partial charge in [-0.2, -0.15) is 17.6 Å². The van der Waals surface area contributed by atoms with Crippen LogP contribution in [0.1, 0.15) is 43.6 Å². The van der Waals surface area contributed by atoms with E-state index >= 15 is 0 Å². The molecule has 1 aliphatic carbocycles. The van der Waals surface area contributed by atoms with Gasteiger partial charge in [0.2, 0.25) is 0 Å². The van der Waals surface area contributed by atoms with Crippen LogP contribution in [-0.2, 0) is 4.18 Å². The summed E-state index contributed by atoms with van der Waals surface area (Å²) in [4.78, 5) is 0. The third-order valence-corrected chi connectivity index (χ3v) is 6.83. The van der Waals surface area contributed by atoms with Crippen molar-refractivity contribution in [1.82, 2.24) is 0 Å². The second-order valence-electron chi connectivity index (χ2n) is 6.07. The zero-order valence-electron chi connectivity index (χ0n) is 14.0. The lowest BCUT2D eigenvalue weighted by atomic mass is 9.84. The SMILES string of the molecule is COSC(F)(F)C(F)(P)C(F)(F)SOc1ccc(C2CCCCC2)cc1. The van der Waals surface area contributed by atoms with Crippen molar-refractivity contribution >= 4 is 33.3 Å². The smallest absolute Gasteiger partial charge is 0.372 e. The van der Waals surface area contributed by atoms with Crippen molar-refractivity contribution in [1.29, 1.82) is 0 Å². The molecule has 0 saturated heterocycles. The molecule has 0 N–H and O–H groups in total. The monoisotopic (exact) mass is 434 g/mol. The Morgan fingerprint density at radius 2 is 1.46 bits per heavy atom. The van der Waals surface area contributed by atoms with E-state index in [1.165, 1.54) is 18.6 Å². The molecule has 1 aromatic carbocycles. The van der Waals surface area contributed by atoms with Crippen molar-refractivity contribution < 1.29 is 30.3 Å². The quantitative estimate of drug-likeness (QED) is 0.255. The Morgan fingerprint density at radius 3 is 2.00 bits per heavy atom. The molecule has 0 aliphatic heterocycles. The van der Waals surface area contributed by atoms with Gasteiger partial charge in [-0.1, -0.05) is 40.6 Å². The van der Waals surface area contributed by atoms with Crippen LogP contribution in [0.3, 0.4) is 0 Å². The third-order valence-electron chi connectivity index (χ3n) is 4.23. The average Bonchev–Trinajstić information content (AvgIpc) is 2.61. The Morgan fingerprint density at radius 1 is 0.923 bits per heavy atom. The van der Waals surface area contributed by atoms with E-state index in [-0.39, 0.29) is 5.75 Å². The summed E-state index contributed by atoms with van der Waals surface area (Å²) < 4.78 is 78.0. The van der Waals surface area contributed by atoms with Crippen LogP contribution in [0.25, 0.3) is 0 Å². The maximum absolute atomic E-state index is 14.1. The fourth-order valence-corrected chi connectivity index (χ4v) is 4.10. The highest BCUT2D eigenvalue weighted by atomic mass is 32.2. The van der Waals surface area contributed by atoms with Crippen molar-refractivity contribution in [3.8, 4) is 5.75 Å². The highest BCUT2D eigenvalue weighted by Crippen LogP contribution is 2.58. The summed E-state index contributed by atoms with van der Waals surface area (Å²) in [6.07, 6.45) is 5.69. The Balaban J connectivity index is 2.00. The van der Waals surface area contributed by atoms with E-state index in [9.17, 15) is 22.0 Å². The Hall–Kier alpha value is -0.240. The molecule has 1 aromatic rings. The third kappa shape index (κ3) is 4.97. The van der Waals surface area contributed by atoms with Crippen molar-refractivity contribution in [2.24, 2.45) is 0 Å². The van der Waals surface area contributed by atoms with E-state index in [0.717, 1.165) is 47.6 Å². The molecule has 0 spiro atoms. The number of rotatable bonds is 8. The topological polar surface area (TPSA) is 18.5 Å². The van der Waals surface area contributed by atoms with Crippen LogP contribution < -0.4 is 4.18 Å². The van der Waals surface area contributed by atoms with E-state index in [1.807, 2.05) is 0 Å². The zero-order valence-corrected chi connectivity index (χ0v) is 16.8. The number of alkyl halides is 5. The lowest BCUT2D eigenvalue weighted by Crippen LogP contribution is -2.49. The molecule has 0 radical (unpaired) electrons. The largest absolute Gasteiger partial charge is 0.420 e. The average molecular weight is 434 g/mol. The lowest BCUT2D eigenvalue weighted by molar-refractivity contribution is -0.114. The van der Waals surface area contributed by atoms with Gasteiger partial charge in [0.1, 0.15) is 17.8 Å². The summed E-state index contributed by atoms with van der Waals surface area (Å²) >= 11 is -1.32. The van der Waals surface area contributed by atoms with Crippen LogP contribution in [0.15, 0.2) is 24.3 Å². The first-order valence-corrected chi connectivity index (χ1v) is 10.1. The molecule has 1 saturated carbocycles. The first kappa shape index (κ1) is 22.1. The number of halogens is 5. The van der Waals surface area contributed by atoms with Crippen LogP contribution in [-0.4, -0.2) is 23.0 Å². The molecule has 0 bridgehead atoms. The summed E-state index contributed by atoms with van der Waals surface area (Å²) in [6.45, 7) is 0. The second-order valence-corrected chi connectivity index (χ2v) is 8.72. The molecule has 148 valence electrons. The first-order chi connectivity index (χ1) is 12.1. The number of benzene rings is 1. The Kier molecular flexibility index (Phi) is 7.50. The van der Waals surface area contributed by atoms with Gasteiger partial charge >= 0.3 is 10.5 Å². The van der Waals surface area contributed by atoms with Crippen LogP contribution in [0, 0.1) is 0 Å². The molecule has 2 rings (SSSR count). The predicted octanol–water partition coefficient (Wildman–Crippen LogP) is 6.78. The van der Waals surface area contributed by atoms with Gasteiger partial charge in [-0.25, -0.2) is 4.39 Å². The highest BCUT2D eigenvalue weighted by molar-refractivity contribution is 7.97. The summed E-state index contributed by atoms with van der Waals surface area (Å²) in [6, 6.07) is 6.50. The molecular formula is C16H20F5O2PS2. The molecule has 0 amide bonds. The molecule has 2 nitrogen and oxygen atoms in total. The maximum Gasteiger partial charge on any atom is 0.372 e. The molecule has 2 atom stereocenters. The summed E-state index contributed by atoms with van der Waals surface area (Å²) in [5, 5.41) is -13.3. The van der Waals surface area contributed by atoms with Crippen molar-refractivity contribution in [2.45, 2.75) is 53.9 Å². The van der Waals surface area contributed by atoms with Crippen LogP contribution >= 0.6 is 33.3 Å². The molecule has 1 fully saturated rings. The fourth-order valence-electron chi connectivity index (χ4n) is 2.73. The van der Waals surface area contributed by atoms with Crippen molar-refractivity contribution in [3.63, 3.8) is 0 Å².